The lowest BCUT2D eigenvalue weighted by Crippen LogP contribution is -2.30. The van der Waals surface area contributed by atoms with Crippen molar-refractivity contribution >= 4 is 5.91 Å². The minimum absolute atomic E-state index is 0.0575. The summed E-state index contributed by atoms with van der Waals surface area (Å²) in [6.45, 7) is 12.1. The minimum Gasteiger partial charge on any atom is -0.335 e. The van der Waals surface area contributed by atoms with E-state index in [2.05, 4.69) is 29.0 Å². The second-order valence-corrected chi connectivity index (χ2v) is 6.42. The number of carbonyl (C=O) groups excluding carboxylic acids is 1. The van der Waals surface area contributed by atoms with Gasteiger partial charge in [0.15, 0.2) is 0 Å². The Morgan fingerprint density at radius 3 is 2.28 bits per heavy atom. The van der Waals surface area contributed by atoms with Crippen molar-refractivity contribution < 1.29 is 4.79 Å². The van der Waals surface area contributed by atoms with Gasteiger partial charge in [-0.05, 0) is 11.8 Å². The van der Waals surface area contributed by atoms with Gasteiger partial charge in [-0.2, -0.15) is 0 Å². The van der Waals surface area contributed by atoms with Crippen molar-refractivity contribution in [1.29, 1.82) is 0 Å². The van der Waals surface area contributed by atoms with Crippen molar-refractivity contribution in [3.8, 4) is 0 Å². The van der Waals surface area contributed by atoms with Crippen LogP contribution in [0.3, 0.4) is 0 Å². The van der Waals surface area contributed by atoms with Gasteiger partial charge in [0.05, 0.1) is 0 Å². The zero-order valence-corrected chi connectivity index (χ0v) is 11.8. The van der Waals surface area contributed by atoms with Gasteiger partial charge in [0.1, 0.15) is 5.82 Å². The largest absolute Gasteiger partial charge is 0.335 e. The summed E-state index contributed by atoms with van der Waals surface area (Å²) >= 11 is 0. The van der Waals surface area contributed by atoms with Gasteiger partial charge >= 0.3 is 0 Å². The Bertz CT molecular complexity index is 436. The lowest BCUT2D eigenvalue weighted by Gasteiger charge is -2.14. The summed E-state index contributed by atoms with van der Waals surface area (Å²) in [5.41, 5.74) is -0.114. The van der Waals surface area contributed by atoms with Crippen LogP contribution in [-0.4, -0.2) is 39.1 Å². The number of hydrogen-bond donors (Lipinski definition) is 1. The van der Waals surface area contributed by atoms with E-state index in [0.29, 0.717) is 17.7 Å². The van der Waals surface area contributed by atoms with Gasteiger partial charge in [0, 0.05) is 18.5 Å². The highest BCUT2D eigenvalue weighted by Gasteiger charge is 2.32. The molecule has 1 N–H and O–H groups in total. The molecule has 0 aromatic carbocycles. The fourth-order valence-electron chi connectivity index (χ4n) is 2.13. The van der Waals surface area contributed by atoms with Crippen LogP contribution < -0.4 is 0 Å². The summed E-state index contributed by atoms with van der Waals surface area (Å²) in [4.78, 5) is 18.4. The van der Waals surface area contributed by atoms with Gasteiger partial charge in [0.25, 0.3) is 5.91 Å². The summed E-state index contributed by atoms with van der Waals surface area (Å²) in [6.07, 6.45) is 0. The zero-order chi connectivity index (χ0) is 13.5. The van der Waals surface area contributed by atoms with E-state index in [4.69, 9.17) is 0 Å². The highest BCUT2D eigenvalue weighted by atomic mass is 16.2. The van der Waals surface area contributed by atoms with E-state index in [1.54, 1.807) is 0 Å². The first kappa shape index (κ1) is 13.1. The van der Waals surface area contributed by atoms with Crippen molar-refractivity contribution in [2.75, 3.05) is 13.1 Å². The van der Waals surface area contributed by atoms with E-state index >= 15 is 0 Å². The van der Waals surface area contributed by atoms with Crippen LogP contribution in [0.1, 0.15) is 51.1 Å². The third-order valence-corrected chi connectivity index (χ3v) is 3.66. The molecule has 2 atom stereocenters. The number of amides is 1. The molecular weight excluding hydrogens is 228 g/mol. The van der Waals surface area contributed by atoms with Crippen molar-refractivity contribution in [3.05, 3.63) is 11.6 Å². The number of likely N-dealkylation sites (tertiary alicyclic amines) is 1. The van der Waals surface area contributed by atoms with Gasteiger partial charge in [-0.1, -0.05) is 34.6 Å². The first-order chi connectivity index (χ1) is 8.29. The lowest BCUT2D eigenvalue weighted by molar-refractivity contribution is 0.0773. The molecule has 1 aliphatic heterocycles. The molecule has 1 amide bonds. The van der Waals surface area contributed by atoms with Crippen molar-refractivity contribution in [2.45, 2.75) is 40.0 Å². The number of rotatable bonds is 1. The maximum Gasteiger partial charge on any atom is 0.293 e. The molecule has 1 aliphatic rings. The van der Waals surface area contributed by atoms with Crippen LogP contribution in [0.5, 0.6) is 0 Å². The molecule has 18 heavy (non-hydrogen) atoms. The molecule has 2 rings (SSSR count). The van der Waals surface area contributed by atoms with Crippen LogP contribution in [0, 0.1) is 11.8 Å². The first-order valence-electron chi connectivity index (χ1n) is 6.51. The summed E-state index contributed by atoms with van der Waals surface area (Å²) in [5.74, 6) is 2.09. The topological polar surface area (TPSA) is 61.9 Å². The molecule has 2 heterocycles. The lowest BCUT2D eigenvalue weighted by atomic mass is 9.96. The van der Waals surface area contributed by atoms with Crippen LogP contribution >= 0.6 is 0 Å². The normalized spacial score (nSPS) is 24.6. The zero-order valence-electron chi connectivity index (χ0n) is 11.8. The Kier molecular flexibility index (Phi) is 3.17. The Morgan fingerprint density at radius 2 is 1.83 bits per heavy atom. The number of hydrogen-bond acceptors (Lipinski definition) is 3. The van der Waals surface area contributed by atoms with Crippen LogP contribution in [0.15, 0.2) is 0 Å². The fourth-order valence-corrected chi connectivity index (χ4v) is 2.13. The summed E-state index contributed by atoms with van der Waals surface area (Å²) < 4.78 is 0. The molecule has 1 aromatic heterocycles. The van der Waals surface area contributed by atoms with Crippen molar-refractivity contribution in [1.82, 2.24) is 20.1 Å². The smallest absolute Gasteiger partial charge is 0.293 e. The van der Waals surface area contributed by atoms with E-state index in [9.17, 15) is 4.79 Å². The Balaban J connectivity index is 2.13. The molecule has 5 nitrogen and oxygen atoms in total. The van der Waals surface area contributed by atoms with Gasteiger partial charge in [-0.3, -0.25) is 9.89 Å². The SMILES string of the molecule is CC1CN(C(=O)c2n[nH]c(C(C)(C)C)n2)CC1C. The monoisotopic (exact) mass is 250 g/mol. The molecule has 0 bridgehead atoms. The van der Waals surface area contributed by atoms with Crippen LogP contribution in [-0.2, 0) is 5.41 Å². The number of nitrogens with one attached hydrogen (secondary N) is 1. The van der Waals surface area contributed by atoms with E-state index in [1.165, 1.54) is 0 Å². The van der Waals surface area contributed by atoms with E-state index in [-0.39, 0.29) is 11.3 Å². The summed E-state index contributed by atoms with van der Waals surface area (Å²) in [7, 11) is 0. The number of aromatic amines is 1. The van der Waals surface area contributed by atoms with Gasteiger partial charge in [0.2, 0.25) is 5.82 Å². The first-order valence-corrected chi connectivity index (χ1v) is 6.51. The Hall–Kier alpha value is -1.39. The Morgan fingerprint density at radius 1 is 1.28 bits per heavy atom. The number of carbonyl (C=O) groups is 1. The van der Waals surface area contributed by atoms with Gasteiger partial charge in [-0.15, -0.1) is 5.10 Å². The van der Waals surface area contributed by atoms with Crippen molar-refractivity contribution in [2.24, 2.45) is 11.8 Å². The molecule has 0 spiro atoms. The second-order valence-electron chi connectivity index (χ2n) is 6.42. The quantitative estimate of drug-likeness (QED) is 0.827. The molecule has 1 aromatic rings. The number of aromatic nitrogens is 3. The predicted molar refractivity (Wildman–Crippen MR) is 69.3 cm³/mol. The van der Waals surface area contributed by atoms with E-state index in [0.717, 1.165) is 18.9 Å². The summed E-state index contributed by atoms with van der Waals surface area (Å²) in [5, 5.41) is 6.91. The molecule has 1 fully saturated rings. The highest BCUT2D eigenvalue weighted by molar-refractivity contribution is 5.90. The third kappa shape index (κ3) is 2.40. The van der Waals surface area contributed by atoms with Gasteiger partial charge in [-0.25, -0.2) is 4.98 Å². The Labute approximate surface area is 108 Å². The number of H-pyrrole nitrogens is 1. The molecule has 5 heteroatoms. The molecule has 0 saturated carbocycles. The van der Waals surface area contributed by atoms with E-state index in [1.807, 2.05) is 25.7 Å². The van der Waals surface area contributed by atoms with E-state index < -0.39 is 0 Å². The highest BCUT2D eigenvalue weighted by Crippen LogP contribution is 2.23. The van der Waals surface area contributed by atoms with Crippen LogP contribution in [0.4, 0.5) is 0 Å². The van der Waals surface area contributed by atoms with Crippen molar-refractivity contribution in [3.63, 3.8) is 0 Å². The average Bonchev–Trinajstić information content (AvgIpc) is 2.85. The number of nitrogens with zero attached hydrogens (tertiary/aromatic N) is 3. The second kappa shape index (κ2) is 4.37. The molecule has 2 unspecified atom stereocenters. The van der Waals surface area contributed by atoms with Crippen LogP contribution in [0.2, 0.25) is 0 Å². The maximum absolute atomic E-state index is 12.3. The minimum atomic E-state index is -0.114. The predicted octanol–water partition coefficient (Wildman–Crippen LogP) is 1.83. The maximum atomic E-state index is 12.3. The molecule has 1 saturated heterocycles. The molecular formula is C13H22N4O. The van der Waals surface area contributed by atoms with Crippen LogP contribution in [0.25, 0.3) is 0 Å². The molecule has 100 valence electrons. The third-order valence-electron chi connectivity index (χ3n) is 3.66. The standard InChI is InChI=1S/C13H22N4O/c1-8-6-17(7-9(8)2)11(18)10-14-12(16-15-10)13(3,4)5/h8-9H,6-7H2,1-5H3,(H,14,15,16). The van der Waals surface area contributed by atoms with Gasteiger partial charge < -0.3 is 4.90 Å². The molecule has 0 aliphatic carbocycles. The molecule has 0 radical (unpaired) electrons. The average molecular weight is 250 g/mol. The summed E-state index contributed by atoms with van der Waals surface area (Å²) in [6, 6.07) is 0. The fraction of sp³-hybridized carbons (Fsp3) is 0.769.